The van der Waals surface area contributed by atoms with Crippen LogP contribution < -0.4 is 0 Å². The molecule has 1 aliphatic carbocycles. The van der Waals surface area contributed by atoms with Crippen molar-refractivity contribution in [2.45, 2.75) is 96.9 Å². The number of hydrogen-bond acceptors (Lipinski definition) is 7. The van der Waals surface area contributed by atoms with Gasteiger partial charge in [0.2, 0.25) is 0 Å². The van der Waals surface area contributed by atoms with Crippen LogP contribution in [0.25, 0.3) is 0 Å². The smallest absolute Gasteiger partial charge is 0.410 e. The van der Waals surface area contributed by atoms with Gasteiger partial charge in [-0.15, -0.1) is 0 Å². The van der Waals surface area contributed by atoms with Crippen LogP contribution in [0.4, 0.5) is 4.79 Å². The zero-order valence-corrected chi connectivity index (χ0v) is 21.6. The van der Waals surface area contributed by atoms with Crippen molar-refractivity contribution in [3.8, 4) is 0 Å². The number of nitrogens with zero attached hydrogens (tertiary/aromatic N) is 1. The van der Waals surface area contributed by atoms with E-state index in [2.05, 4.69) is 0 Å². The van der Waals surface area contributed by atoms with Crippen molar-refractivity contribution in [3.05, 3.63) is 35.9 Å². The summed E-state index contributed by atoms with van der Waals surface area (Å²) in [7, 11) is 0. The van der Waals surface area contributed by atoms with Crippen LogP contribution in [0.3, 0.4) is 0 Å². The summed E-state index contributed by atoms with van der Waals surface area (Å²) in [5, 5.41) is 0. The van der Waals surface area contributed by atoms with Crippen molar-refractivity contribution in [1.82, 2.24) is 4.90 Å². The Labute approximate surface area is 209 Å². The van der Waals surface area contributed by atoms with Gasteiger partial charge in [0.1, 0.15) is 12.4 Å². The maximum atomic E-state index is 12.9. The van der Waals surface area contributed by atoms with E-state index < -0.39 is 11.9 Å². The number of amides is 1. The van der Waals surface area contributed by atoms with Crippen molar-refractivity contribution in [1.29, 1.82) is 0 Å². The predicted octanol–water partition coefficient (Wildman–Crippen LogP) is 5.04. The molecule has 8 heteroatoms. The fourth-order valence-corrected chi connectivity index (χ4v) is 4.60. The quantitative estimate of drug-likeness (QED) is 0.257. The summed E-state index contributed by atoms with van der Waals surface area (Å²) in [6, 6.07) is 9.64. The minimum absolute atomic E-state index is 0.0520. The third-order valence-corrected chi connectivity index (χ3v) is 6.29. The van der Waals surface area contributed by atoms with E-state index in [4.69, 9.17) is 23.7 Å². The lowest BCUT2D eigenvalue weighted by Crippen LogP contribution is -2.48. The first-order chi connectivity index (χ1) is 16.8. The van der Waals surface area contributed by atoms with Gasteiger partial charge in [-0.2, -0.15) is 0 Å². The van der Waals surface area contributed by atoms with Gasteiger partial charge in [-0.25, -0.2) is 4.79 Å². The second-order valence-electron chi connectivity index (χ2n) is 10.2. The summed E-state index contributed by atoms with van der Waals surface area (Å²) in [5.41, 5.74) is 0.480. The normalized spacial score (nSPS) is 23.7. The van der Waals surface area contributed by atoms with Crippen LogP contribution in [0, 0.1) is 5.92 Å². The molecule has 2 aliphatic rings. The largest absolute Gasteiger partial charge is 0.466 e. The van der Waals surface area contributed by atoms with Gasteiger partial charge in [0.05, 0.1) is 31.3 Å². The summed E-state index contributed by atoms with van der Waals surface area (Å²) in [5.74, 6) is -0.201. The van der Waals surface area contributed by atoms with Crippen LogP contribution in [-0.2, 0) is 35.1 Å². The van der Waals surface area contributed by atoms with Gasteiger partial charge in [-0.1, -0.05) is 30.3 Å². The highest BCUT2D eigenvalue weighted by atomic mass is 16.8. The molecule has 0 spiro atoms. The Balaban J connectivity index is 1.60. The maximum absolute atomic E-state index is 12.9. The molecule has 196 valence electrons. The molecule has 0 bridgehead atoms. The van der Waals surface area contributed by atoms with Crippen LogP contribution >= 0.6 is 0 Å². The highest BCUT2D eigenvalue weighted by molar-refractivity contribution is 5.72. The Bertz CT molecular complexity index is 786. The van der Waals surface area contributed by atoms with E-state index in [0.29, 0.717) is 19.8 Å². The van der Waals surface area contributed by atoms with Gasteiger partial charge in [-0.05, 0) is 71.8 Å². The van der Waals surface area contributed by atoms with E-state index in [0.717, 1.165) is 44.1 Å². The number of benzene rings is 1. The van der Waals surface area contributed by atoms with E-state index in [-0.39, 0.29) is 36.9 Å². The number of hydrogen-bond donors (Lipinski definition) is 0. The molecule has 1 aromatic carbocycles. The van der Waals surface area contributed by atoms with Crippen LogP contribution in [0.2, 0.25) is 0 Å². The number of esters is 1. The monoisotopic (exact) mass is 491 g/mol. The van der Waals surface area contributed by atoms with Gasteiger partial charge in [-0.3, -0.25) is 4.79 Å². The zero-order valence-electron chi connectivity index (χ0n) is 21.6. The Kier molecular flexibility index (Phi) is 10.4. The zero-order chi connectivity index (χ0) is 25.3. The fourth-order valence-electron chi connectivity index (χ4n) is 4.60. The third kappa shape index (κ3) is 8.78. The first-order valence-electron chi connectivity index (χ1n) is 12.8. The minimum atomic E-state index is -0.634. The van der Waals surface area contributed by atoms with E-state index in [9.17, 15) is 9.59 Å². The lowest BCUT2D eigenvalue weighted by molar-refractivity contribution is -0.239. The molecule has 0 aromatic heterocycles. The molecule has 1 unspecified atom stereocenters. The topological polar surface area (TPSA) is 83.5 Å². The van der Waals surface area contributed by atoms with Gasteiger partial charge >= 0.3 is 12.1 Å². The molecule has 0 N–H and O–H groups in total. The summed E-state index contributed by atoms with van der Waals surface area (Å²) in [6.45, 7) is 8.89. The average molecular weight is 492 g/mol. The number of likely N-dealkylation sites (tertiary alicyclic amines) is 1. The third-order valence-electron chi connectivity index (χ3n) is 6.29. The highest BCUT2D eigenvalue weighted by Gasteiger charge is 2.40. The number of carbonyl (C=O) groups excluding carboxylic acids is 2. The Morgan fingerprint density at radius 3 is 2.43 bits per heavy atom. The van der Waals surface area contributed by atoms with Gasteiger partial charge in [0.25, 0.3) is 0 Å². The number of ether oxygens (including phenoxy) is 5. The molecular formula is C27H41NO7. The molecular weight excluding hydrogens is 450 g/mol. The highest BCUT2D eigenvalue weighted by Crippen LogP contribution is 2.31. The van der Waals surface area contributed by atoms with Crippen LogP contribution in [-0.4, -0.2) is 60.9 Å². The number of rotatable bonds is 10. The Morgan fingerprint density at radius 2 is 1.77 bits per heavy atom. The van der Waals surface area contributed by atoms with Gasteiger partial charge in [0.15, 0.2) is 6.29 Å². The SMILES string of the molecule is CCOC(=O)[C@H]1CC[C@H](OC(OCOCc2ccccc2)[C@@H]2CCCN2C(=O)OC(C)(C)C)CC1. The van der Waals surface area contributed by atoms with E-state index in [1.807, 2.05) is 58.0 Å². The van der Waals surface area contributed by atoms with Gasteiger partial charge in [0, 0.05) is 6.54 Å². The molecule has 35 heavy (non-hydrogen) atoms. The molecule has 1 saturated carbocycles. The summed E-state index contributed by atoms with van der Waals surface area (Å²) in [6.07, 6.45) is 3.51. The standard InChI is InChI=1S/C27H41NO7/c1-5-32-24(29)21-13-15-22(16-14-21)34-25(33-19-31-18-20-10-7-6-8-11-20)23-12-9-17-28(23)26(30)35-27(2,3)4/h6-8,10-11,21-23,25H,5,9,12-19H2,1-4H3/t21-,22-,23-,25?/m0/s1. The van der Waals surface area contributed by atoms with E-state index >= 15 is 0 Å². The molecule has 2 fully saturated rings. The molecule has 0 radical (unpaired) electrons. The minimum Gasteiger partial charge on any atom is -0.466 e. The van der Waals surface area contributed by atoms with Crippen LogP contribution in [0.5, 0.6) is 0 Å². The lowest BCUT2D eigenvalue weighted by Gasteiger charge is -2.36. The average Bonchev–Trinajstić information content (AvgIpc) is 3.31. The van der Waals surface area contributed by atoms with Crippen molar-refractivity contribution in [3.63, 3.8) is 0 Å². The van der Waals surface area contributed by atoms with E-state index in [1.165, 1.54) is 0 Å². The predicted molar refractivity (Wildman–Crippen MR) is 130 cm³/mol. The molecule has 1 aromatic rings. The molecule has 1 saturated heterocycles. The second-order valence-corrected chi connectivity index (χ2v) is 10.2. The first-order valence-corrected chi connectivity index (χ1v) is 12.8. The molecule has 1 amide bonds. The molecule has 1 aliphatic heterocycles. The van der Waals surface area contributed by atoms with E-state index in [1.54, 1.807) is 4.90 Å². The lowest BCUT2D eigenvalue weighted by atomic mass is 9.87. The van der Waals surface area contributed by atoms with Crippen LogP contribution in [0.1, 0.15) is 71.8 Å². The summed E-state index contributed by atoms with van der Waals surface area (Å²) < 4.78 is 29.1. The molecule has 1 heterocycles. The number of carbonyl (C=O) groups is 2. The van der Waals surface area contributed by atoms with Crippen molar-refractivity contribution in [2.24, 2.45) is 5.92 Å². The second kappa shape index (κ2) is 13.2. The Morgan fingerprint density at radius 1 is 1.06 bits per heavy atom. The van der Waals surface area contributed by atoms with Crippen LogP contribution in [0.15, 0.2) is 30.3 Å². The molecule has 2 atom stereocenters. The van der Waals surface area contributed by atoms with Gasteiger partial charge < -0.3 is 28.6 Å². The summed E-state index contributed by atoms with van der Waals surface area (Å²) in [4.78, 5) is 26.7. The first kappa shape index (κ1) is 27.4. The maximum Gasteiger partial charge on any atom is 0.410 e. The fraction of sp³-hybridized carbons (Fsp3) is 0.704. The summed E-state index contributed by atoms with van der Waals surface area (Å²) >= 11 is 0. The van der Waals surface area contributed by atoms with Crippen molar-refractivity contribution in [2.75, 3.05) is 19.9 Å². The molecule has 8 nitrogen and oxygen atoms in total. The van der Waals surface area contributed by atoms with Crippen molar-refractivity contribution >= 4 is 12.1 Å². The van der Waals surface area contributed by atoms with Crippen molar-refractivity contribution < 1.29 is 33.3 Å². The molecule has 3 rings (SSSR count). The Hall–Kier alpha value is -2.16.